The van der Waals surface area contributed by atoms with Gasteiger partial charge in [0.2, 0.25) is 0 Å². The molecule has 1 atom stereocenters. The van der Waals surface area contributed by atoms with Crippen LogP contribution in [0.1, 0.15) is 51.1 Å². The van der Waals surface area contributed by atoms with Gasteiger partial charge in [0.15, 0.2) is 0 Å². The van der Waals surface area contributed by atoms with E-state index in [2.05, 4.69) is 62.4 Å². The Morgan fingerprint density at radius 1 is 1.06 bits per heavy atom. The third-order valence-electron chi connectivity index (χ3n) is 3.30. The zero-order valence-electron chi connectivity index (χ0n) is 12.4. The molecule has 1 unspecified atom stereocenters. The Labute approximate surface area is 112 Å². The number of hydrogen-bond donors (Lipinski definition) is 1. The molecule has 18 heavy (non-hydrogen) atoms. The highest BCUT2D eigenvalue weighted by molar-refractivity contribution is 5.46. The molecule has 0 heterocycles. The lowest BCUT2D eigenvalue weighted by Gasteiger charge is -2.20. The van der Waals surface area contributed by atoms with Crippen molar-refractivity contribution in [3.8, 4) is 0 Å². The van der Waals surface area contributed by atoms with Crippen molar-refractivity contribution in [2.45, 2.75) is 45.6 Å². The van der Waals surface area contributed by atoms with Crippen molar-refractivity contribution in [2.75, 3.05) is 25.5 Å². The molecule has 0 bridgehead atoms. The van der Waals surface area contributed by atoms with Crippen LogP contribution in [0.4, 0.5) is 5.69 Å². The number of unbranched alkanes of at least 4 members (excludes halogenated alkanes) is 1. The maximum absolute atomic E-state index is 3.66. The van der Waals surface area contributed by atoms with E-state index in [1.54, 1.807) is 0 Å². The summed E-state index contributed by atoms with van der Waals surface area (Å²) in [5, 5.41) is 3.66. The molecule has 0 saturated carbocycles. The topological polar surface area (TPSA) is 15.3 Å². The van der Waals surface area contributed by atoms with Gasteiger partial charge >= 0.3 is 0 Å². The van der Waals surface area contributed by atoms with Gasteiger partial charge < -0.3 is 10.2 Å². The van der Waals surface area contributed by atoms with E-state index in [4.69, 9.17) is 0 Å². The number of nitrogens with one attached hydrogen (secondary N) is 1. The maximum Gasteiger partial charge on any atom is 0.0361 e. The van der Waals surface area contributed by atoms with E-state index < -0.39 is 0 Å². The Morgan fingerprint density at radius 2 is 1.72 bits per heavy atom. The second-order valence-corrected chi connectivity index (χ2v) is 5.13. The molecule has 1 rings (SSSR count). The van der Waals surface area contributed by atoms with Crippen LogP contribution in [0.5, 0.6) is 0 Å². The molecule has 2 heteroatoms. The van der Waals surface area contributed by atoms with Crippen molar-refractivity contribution in [2.24, 2.45) is 0 Å². The first-order chi connectivity index (χ1) is 8.69. The summed E-state index contributed by atoms with van der Waals surface area (Å²) >= 11 is 0. The molecule has 102 valence electrons. The summed E-state index contributed by atoms with van der Waals surface area (Å²) in [6.07, 6.45) is 4.98. The Hall–Kier alpha value is -1.02. The van der Waals surface area contributed by atoms with Gasteiger partial charge in [-0.15, -0.1) is 0 Å². The fourth-order valence-electron chi connectivity index (χ4n) is 2.12. The van der Waals surface area contributed by atoms with Crippen LogP contribution in [-0.4, -0.2) is 20.6 Å². The van der Waals surface area contributed by atoms with E-state index in [-0.39, 0.29) is 0 Å². The zero-order chi connectivity index (χ0) is 13.4. The molecular weight excluding hydrogens is 220 g/mol. The van der Waals surface area contributed by atoms with Gasteiger partial charge in [-0.2, -0.15) is 0 Å². The number of rotatable bonds is 8. The van der Waals surface area contributed by atoms with Crippen molar-refractivity contribution < 1.29 is 0 Å². The second-order valence-electron chi connectivity index (χ2n) is 5.13. The monoisotopic (exact) mass is 248 g/mol. The van der Waals surface area contributed by atoms with Gasteiger partial charge in [-0.05, 0) is 37.1 Å². The van der Waals surface area contributed by atoms with Crippen molar-refractivity contribution in [3.05, 3.63) is 29.8 Å². The minimum Gasteiger partial charge on any atom is -0.378 e. The molecule has 0 aliphatic rings. The minimum atomic E-state index is 0.515. The van der Waals surface area contributed by atoms with Crippen LogP contribution < -0.4 is 10.2 Å². The van der Waals surface area contributed by atoms with Crippen molar-refractivity contribution in [1.82, 2.24) is 5.32 Å². The van der Waals surface area contributed by atoms with Crippen LogP contribution >= 0.6 is 0 Å². The van der Waals surface area contributed by atoms with E-state index >= 15 is 0 Å². The van der Waals surface area contributed by atoms with Gasteiger partial charge in [-0.25, -0.2) is 0 Å². The van der Waals surface area contributed by atoms with Crippen molar-refractivity contribution >= 4 is 5.69 Å². The highest BCUT2D eigenvalue weighted by Gasteiger charge is 2.09. The summed E-state index contributed by atoms with van der Waals surface area (Å²) in [6.45, 7) is 5.58. The molecule has 1 aromatic rings. The Morgan fingerprint density at radius 3 is 2.22 bits per heavy atom. The molecule has 1 N–H and O–H groups in total. The fraction of sp³-hybridized carbons (Fsp3) is 0.625. The van der Waals surface area contributed by atoms with Crippen LogP contribution in [0.2, 0.25) is 0 Å². The van der Waals surface area contributed by atoms with E-state index in [9.17, 15) is 0 Å². The van der Waals surface area contributed by atoms with Crippen LogP contribution in [-0.2, 0) is 0 Å². The molecule has 1 aromatic carbocycles. The molecule has 0 aromatic heterocycles. The number of benzene rings is 1. The lowest BCUT2D eigenvalue weighted by Crippen LogP contribution is -2.22. The maximum atomic E-state index is 3.66. The molecular formula is C16H28N2. The predicted molar refractivity (Wildman–Crippen MR) is 81.3 cm³/mol. The van der Waals surface area contributed by atoms with Gasteiger partial charge in [0.05, 0.1) is 0 Å². The first-order valence-corrected chi connectivity index (χ1v) is 7.19. The van der Waals surface area contributed by atoms with Crippen LogP contribution in [0, 0.1) is 0 Å². The number of nitrogens with zero attached hydrogens (tertiary/aromatic N) is 1. The summed E-state index contributed by atoms with van der Waals surface area (Å²) in [6, 6.07) is 9.46. The smallest absolute Gasteiger partial charge is 0.0361 e. The van der Waals surface area contributed by atoms with E-state index in [0.717, 1.165) is 6.54 Å². The standard InChI is InChI=1S/C16H28N2/c1-5-7-8-16(17-13-6-2)14-9-11-15(12-10-14)18(3)4/h9-12,16-17H,5-8,13H2,1-4H3. The lowest BCUT2D eigenvalue weighted by atomic mass is 10.0. The Balaban J connectivity index is 2.70. The van der Waals surface area contributed by atoms with Gasteiger partial charge in [-0.1, -0.05) is 38.8 Å². The fourth-order valence-corrected chi connectivity index (χ4v) is 2.12. The summed E-state index contributed by atoms with van der Waals surface area (Å²) in [5.74, 6) is 0. The summed E-state index contributed by atoms with van der Waals surface area (Å²) < 4.78 is 0. The van der Waals surface area contributed by atoms with Crippen LogP contribution in [0.25, 0.3) is 0 Å². The van der Waals surface area contributed by atoms with E-state index in [1.165, 1.54) is 36.9 Å². The van der Waals surface area contributed by atoms with Crippen LogP contribution in [0.3, 0.4) is 0 Å². The Kier molecular flexibility index (Phi) is 6.81. The predicted octanol–water partition coefficient (Wildman–Crippen LogP) is 3.98. The largest absolute Gasteiger partial charge is 0.378 e. The third kappa shape index (κ3) is 4.69. The SMILES string of the molecule is CCCCC(NCCC)c1ccc(N(C)C)cc1. The average molecular weight is 248 g/mol. The van der Waals surface area contributed by atoms with E-state index in [1.807, 2.05) is 0 Å². The molecule has 0 radical (unpaired) electrons. The van der Waals surface area contributed by atoms with Crippen molar-refractivity contribution in [1.29, 1.82) is 0 Å². The second kappa shape index (κ2) is 8.15. The van der Waals surface area contributed by atoms with Gasteiger partial charge in [0.25, 0.3) is 0 Å². The summed E-state index contributed by atoms with van der Waals surface area (Å²) in [5.41, 5.74) is 2.69. The molecule has 0 aliphatic carbocycles. The highest BCUT2D eigenvalue weighted by Crippen LogP contribution is 2.22. The van der Waals surface area contributed by atoms with E-state index in [0.29, 0.717) is 6.04 Å². The third-order valence-corrected chi connectivity index (χ3v) is 3.30. The first-order valence-electron chi connectivity index (χ1n) is 7.19. The van der Waals surface area contributed by atoms with Gasteiger partial charge in [0.1, 0.15) is 0 Å². The van der Waals surface area contributed by atoms with Crippen molar-refractivity contribution in [3.63, 3.8) is 0 Å². The molecule has 0 amide bonds. The Bertz CT molecular complexity index is 308. The zero-order valence-corrected chi connectivity index (χ0v) is 12.4. The molecule has 2 nitrogen and oxygen atoms in total. The minimum absolute atomic E-state index is 0.515. The van der Waals surface area contributed by atoms with Gasteiger partial charge in [-0.3, -0.25) is 0 Å². The first kappa shape index (κ1) is 15.0. The van der Waals surface area contributed by atoms with Crippen LogP contribution in [0.15, 0.2) is 24.3 Å². The molecule has 0 fully saturated rings. The summed E-state index contributed by atoms with van der Waals surface area (Å²) in [4.78, 5) is 2.14. The quantitative estimate of drug-likeness (QED) is 0.748. The number of anilines is 1. The molecule has 0 saturated heterocycles. The van der Waals surface area contributed by atoms with Gasteiger partial charge in [0, 0.05) is 25.8 Å². The summed E-state index contributed by atoms with van der Waals surface area (Å²) in [7, 11) is 4.16. The lowest BCUT2D eigenvalue weighted by molar-refractivity contribution is 0.481. The number of hydrogen-bond acceptors (Lipinski definition) is 2. The normalized spacial score (nSPS) is 12.4. The molecule has 0 aliphatic heterocycles. The highest BCUT2D eigenvalue weighted by atomic mass is 15.1. The average Bonchev–Trinajstić information content (AvgIpc) is 2.39. The molecule has 0 spiro atoms.